The van der Waals surface area contributed by atoms with Crippen LogP contribution in [0.25, 0.3) is 10.1 Å². The number of nitrogens with zero attached hydrogens (tertiary/aromatic N) is 1. The standard InChI is InChI=1S/C28H33N3O6S2/c1-18(2)15-23(30-28(34)26-16-19-7-4-5-9-25(19)38-26)27(33)29-22-8-6-14-31(17-24(22)32)39(35,36)21-12-10-20(37-3)11-13-21/h4-5,7,9-13,16,18,22-23H,6,8,14-15,17H2,1-3H3,(H,29,33)(H,30,34)/t22?,23-/m0/s1. The van der Waals surface area contributed by atoms with Crippen LogP contribution in [-0.4, -0.2) is 62.6 Å². The van der Waals surface area contributed by atoms with Crippen LogP contribution in [0.15, 0.2) is 59.5 Å². The average molecular weight is 572 g/mol. The molecule has 0 aliphatic carbocycles. The number of Topliss-reactive ketones (excluding diaryl/α,β-unsaturated/α-hetero) is 1. The predicted octanol–water partition coefficient (Wildman–Crippen LogP) is 3.59. The minimum absolute atomic E-state index is 0.0690. The maximum atomic E-state index is 13.3. The summed E-state index contributed by atoms with van der Waals surface area (Å²) in [4.78, 5) is 40.0. The van der Waals surface area contributed by atoms with Crippen molar-refractivity contribution in [2.75, 3.05) is 20.2 Å². The van der Waals surface area contributed by atoms with Gasteiger partial charge in [-0.1, -0.05) is 32.0 Å². The molecule has 1 aromatic heterocycles. The summed E-state index contributed by atoms with van der Waals surface area (Å²) in [5, 5.41) is 6.58. The molecule has 1 fully saturated rings. The summed E-state index contributed by atoms with van der Waals surface area (Å²) in [6.07, 6.45) is 1.09. The van der Waals surface area contributed by atoms with Gasteiger partial charge in [-0.25, -0.2) is 8.42 Å². The fourth-order valence-electron chi connectivity index (χ4n) is 4.55. The third-order valence-corrected chi connectivity index (χ3v) is 9.59. The van der Waals surface area contributed by atoms with Crippen LogP contribution in [0.5, 0.6) is 5.75 Å². The van der Waals surface area contributed by atoms with Gasteiger partial charge in [0.2, 0.25) is 15.9 Å². The molecule has 2 amide bonds. The first-order chi connectivity index (χ1) is 18.6. The topological polar surface area (TPSA) is 122 Å². The third kappa shape index (κ3) is 6.84. The van der Waals surface area contributed by atoms with E-state index in [4.69, 9.17) is 4.74 Å². The molecular weight excluding hydrogens is 538 g/mol. The van der Waals surface area contributed by atoms with E-state index in [9.17, 15) is 22.8 Å². The van der Waals surface area contributed by atoms with Crippen molar-refractivity contribution in [2.24, 2.45) is 5.92 Å². The Labute approximate surface area is 232 Å². The Bertz CT molecular complexity index is 1420. The zero-order valence-electron chi connectivity index (χ0n) is 22.2. The van der Waals surface area contributed by atoms with Gasteiger partial charge in [0.05, 0.1) is 29.5 Å². The second kappa shape index (κ2) is 12.3. The quantitative estimate of drug-likeness (QED) is 0.405. The van der Waals surface area contributed by atoms with Crippen molar-refractivity contribution in [3.63, 3.8) is 0 Å². The molecule has 1 saturated heterocycles. The fourth-order valence-corrected chi connectivity index (χ4v) is 6.96. The van der Waals surface area contributed by atoms with Crippen molar-refractivity contribution in [3.8, 4) is 5.75 Å². The number of hydrogen-bond acceptors (Lipinski definition) is 7. The van der Waals surface area contributed by atoms with Crippen molar-refractivity contribution in [1.29, 1.82) is 0 Å². The zero-order valence-corrected chi connectivity index (χ0v) is 23.8. The molecule has 4 rings (SSSR count). The summed E-state index contributed by atoms with van der Waals surface area (Å²) < 4.78 is 33.5. The first-order valence-corrected chi connectivity index (χ1v) is 15.1. The Morgan fingerprint density at radius 3 is 2.51 bits per heavy atom. The highest BCUT2D eigenvalue weighted by atomic mass is 32.2. The van der Waals surface area contributed by atoms with Crippen molar-refractivity contribution in [3.05, 3.63) is 59.5 Å². The number of carbonyl (C=O) groups excluding carboxylic acids is 3. The van der Waals surface area contributed by atoms with Gasteiger partial charge in [0, 0.05) is 11.2 Å². The van der Waals surface area contributed by atoms with Crippen molar-refractivity contribution in [1.82, 2.24) is 14.9 Å². The molecule has 1 aliphatic heterocycles. The number of fused-ring (bicyclic) bond motifs is 1. The summed E-state index contributed by atoms with van der Waals surface area (Å²) in [7, 11) is -2.40. The van der Waals surface area contributed by atoms with Gasteiger partial charge in [-0.2, -0.15) is 4.31 Å². The molecule has 3 aromatic rings. The van der Waals surface area contributed by atoms with Gasteiger partial charge in [0.25, 0.3) is 5.91 Å². The normalized spacial score (nSPS) is 17.5. The van der Waals surface area contributed by atoms with Gasteiger partial charge >= 0.3 is 0 Å². The lowest BCUT2D eigenvalue weighted by molar-refractivity contribution is -0.129. The first-order valence-electron chi connectivity index (χ1n) is 12.8. The van der Waals surface area contributed by atoms with E-state index in [-0.39, 0.29) is 29.8 Å². The number of amides is 2. The van der Waals surface area contributed by atoms with Gasteiger partial charge in [-0.3, -0.25) is 14.4 Å². The Morgan fingerprint density at radius 1 is 1.13 bits per heavy atom. The number of carbonyl (C=O) groups is 3. The summed E-state index contributed by atoms with van der Waals surface area (Å²) in [5.74, 6) is -0.557. The van der Waals surface area contributed by atoms with Crippen molar-refractivity contribution in [2.45, 2.75) is 50.1 Å². The monoisotopic (exact) mass is 571 g/mol. The Morgan fingerprint density at radius 2 is 1.85 bits per heavy atom. The lowest BCUT2D eigenvalue weighted by Gasteiger charge is -2.23. The SMILES string of the molecule is COc1ccc(S(=O)(=O)N2CCCC(NC(=O)[C@H](CC(C)C)NC(=O)c3cc4ccccc4s3)C(=O)C2)cc1. The third-order valence-electron chi connectivity index (χ3n) is 6.61. The van der Waals surface area contributed by atoms with Crippen LogP contribution in [0.1, 0.15) is 42.8 Å². The van der Waals surface area contributed by atoms with Crippen LogP contribution in [0.3, 0.4) is 0 Å². The van der Waals surface area contributed by atoms with Gasteiger partial charge in [-0.15, -0.1) is 11.3 Å². The zero-order chi connectivity index (χ0) is 28.2. The highest BCUT2D eigenvalue weighted by Crippen LogP contribution is 2.26. The Balaban J connectivity index is 1.43. The molecule has 1 unspecified atom stereocenters. The van der Waals surface area contributed by atoms with Crippen LogP contribution in [0.2, 0.25) is 0 Å². The second-order valence-electron chi connectivity index (χ2n) is 9.99. The average Bonchev–Trinajstić information content (AvgIpc) is 3.26. The molecule has 9 nitrogen and oxygen atoms in total. The highest BCUT2D eigenvalue weighted by molar-refractivity contribution is 7.89. The summed E-state index contributed by atoms with van der Waals surface area (Å²) in [6, 6.07) is 13.8. The number of benzene rings is 2. The summed E-state index contributed by atoms with van der Waals surface area (Å²) in [6.45, 7) is 3.71. The van der Waals surface area contributed by atoms with Crippen molar-refractivity contribution >= 4 is 49.0 Å². The number of rotatable bonds is 9. The van der Waals surface area contributed by atoms with E-state index in [0.717, 1.165) is 14.4 Å². The molecule has 0 spiro atoms. The Hall–Kier alpha value is -3.28. The summed E-state index contributed by atoms with van der Waals surface area (Å²) >= 11 is 1.35. The molecule has 0 bridgehead atoms. The smallest absolute Gasteiger partial charge is 0.262 e. The number of thiophene rings is 1. The van der Waals surface area contributed by atoms with Gasteiger partial charge in [0.15, 0.2) is 5.78 Å². The molecule has 39 heavy (non-hydrogen) atoms. The number of ketones is 1. The molecule has 2 atom stereocenters. The number of sulfonamides is 1. The van der Waals surface area contributed by atoms with Gasteiger partial charge in [0.1, 0.15) is 11.8 Å². The maximum absolute atomic E-state index is 13.3. The minimum atomic E-state index is -3.90. The van der Waals surface area contributed by atoms with Crippen LogP contribution in [-0.2, 0) is 19.6 Å². The van der Waals surface area contributed by atoms with E-state index in [1.54, 1.807) is 18.2 Å². The first kappa shape index (κ1) is 28.7. The Kier molecular flexibility index (Phi) is 9.04. The molecule has 208 valence electrons. The number of methoxy groups -OCH3 is 1. The van der Waals surface area contributed by atoms with Crippen LogP contribution >= 0.6 is 11.3 Å². The van der Waals surface area contributed by atoms with Crippen molar-refractivity contribution < 1.29 is 27.5 Å². The van der Waals surface area contributed by atoms with E-state index < -0.39 is 33.8 Å². The predicted molar refractivity (Wildman–Crippen MR) is 150 cm³/mol. The molecule has 2 aromatic carbocycles. The lowest BCUT2D eigenvalue weighted by Crippen LogP contribution is -2.52. The highest BCUT2D eigenvalue weighted by Gasteiger charge is 2.34. The molecule has 2 heterocycles. The lowest BCUT2D eigenvalue weighted by atomic mass is 10.0. The van der Waals surface area contributed by atoms with E-state index in [2.05, 4.69) is 10.6 Å². The van der Waals surface area contributed by atoms with E-state index in [1.165, 1.54) is 30.6 Å². The van der Waals surface area contributed by atoms with Gasteiger partial charge in [-0.05, 0) is 67.0 Å². The summed E-state index contributed by atoms with van der Waals surface area (Å²) in [5.41, 5.74) is 0. The maximum Gasteiger partial charge on any atom is 0.262 e. The fraction of sp³-hybridized carbons (Fsp3) is 0.393. The molecule has 0 saturated carbocycles. The number of hydrogen-bond donors (Lipinski definition) is 2. The van der Waals surface area contributed by atoms with E-state index in [0.29, 0.717) is 29.9 Å². The second-order valence-corrected chi connectivity index (χ2v) is 13.0. The molecular formula is C28H33N3O6S2. The van der Waals surface area contributed by atoms with Crippen LogP contribution in [0, 0.1) is 5.92 Å². The largest absolute Gasteiger partial charge is 0.497 e. The molecule has 1 aliphatic rings. The minimum Gasteiger partial charge on any atom is -0.497 e. The molecule has 0 radical (unpaired) electrons. The van der Waals surface area contributed by atoms with Gasteiger partial charge < -0.3 is 15.4 Å². The van der Waals surface area contributed by atoms with E-state index in [1.807, 2.05) is 38.1 Å². The number of ether oxygens (including phenoxy) is 1. The number of nitrogens with one attached hydrogen (secondary N) is 2. The molecule has 11 heteroatoms. The van der Waals surface area contributed by atoms with Crippen LogP contribution in [0.4, 0.5) is 0 Å². The van der Waals surface area contributed by atoms with E-state index >= 15 is 0 Å². The van der Waals surface area contributed by atoms with Crippen LogP contribution < -0.4 is 15.4 Å². The molecule has 2 N–H and O–H groups in total.